The van der Waals surface area contributed by atoms with Crippen LogP contribution in [0.5, 0.6) is 0 Å². The summed E-state index contributed by atoms with van der Waals surface area (Å²) in [5, 5.41) is 5.64. The molecule has 0 spiro atoms. The highest BCUT2D eigenvalue weighted by Gasteiger charge is 2.31. The van der Waals surface area contributed by atoms with E-state index in [1.165, 1.54) is 28.7 Å². The molecule has 5 aromatic rings. The van der Waals surface area contributed by atoms with Crippen molar-refractivity contribution in [2.75, 3.05) is 5.75 Å². The highest BCUT2D eigenvalue weighted by molar-refractivity contribution is 7.99. The molecule has 188 valence electrons. The minimum atomic E-state index is -0.331. The van der Waals surface area contributed by atoms with Crippen molar-refractivity contribution in [2.24, 2.45) is 7.05 Å². The van der Waals surface area contributed by atoms with Crippen molar-refractivity contribution in [2.45, 2.75) is 44.1 Å². The molecule has 0 saturated heterocycles. The average Bonchev–Trinajstić information content (AvgIpc) is 3.40. The Labute approximate surface area is 222 Å². The van der Waals surface area contributed by atoms with Crippen LogP contribution in [0.4, 0.5) is 0 Å². The molecule has 0 aliphatic carbocycles. The zero-order valence-electron chi connectivity index (χ0n) is 20.9. The van der Waals surface area contributed by atoms with Gasteiger partial charge in [0.2, 0.25) is 5.78 Å². The Morgan fingerprint density at radius 3 is 2.59 bits per heavy atom. The first-order valence-corrected chi connectivity index (χ1v) is 13.9. The molecular formula is C28H26N4O3S2. The van der Waals surface area contributed by atoms with Crippen molar-refractivity contribution in [1.29, 1.82) is 0 Å². The predicted molar refractivity (Wildman–Crippen MR) is 147 cm³/mol. The first kappa shape index (κ1) is 24.1. The molecule has 0 atom stereocenters. The molecule has 0 amide bonds. The summed E-state index contributed by atoms with van der Waals surface area (Å²) in [5.41, 5.74) is 3.59. The molecule has 1 aliphatic rings. The lowest BCUT2D eigenvalue weighted by molar-refractivity contribution is -0.0379. The molecule has 0 saturated carbocycles. The third kappa shape index (κ3) is 4.52. The summed E-state index contributed by atoms with van der Waals surface area (Å²) >= 11 is 2.78. The van der Waals surface area contributed by atoms with Gasteiger partial charge in [-0.25, -0.2) is 14.1 Å². The number of thioether (sulfide) groups is 1. The summed E-state index contributed by atoms with van der Waals surface area (Å²) in [6.07, 6.45) is 1.48. The number of thiophene rings is 1. The molecule has 3 aromatic heterocycles. The van der Waals surface area contributed by atoms with Gasteiger partial charge in [0.1, 0.15) is 4.83 Å². The number of carbonyl (C=O) groups is 1. The number of nitrogens with zero attached hydrogens (tertiary/aromatic N) is 4. The fourth-order valence-electron chi connectivity index (χ4n) is 4.74. The van der Waals surface area contributed by atoms with Gasteiger partial charge in [0.25, 0.3) is 5.56 Å². The fraction of sp³-hybridized carbons (Fsp3) is 0.286. The second-order valence-corrected chi connectivity index (χ2v) is 12.0. The quantitative estimate of drug-likeness (QED) is 0.226. The number of ether oxygens (including phenoxy) is 1. The van der Waals surface area contributed by atoms with Gasteiger partial charge in [0.05, 0.1) is 23.3 Å². The van der Waals surface area contributed by atoms with E-state index in [4.69, 9.17) is 9.72 Å². The van der Waals surface area contributed by atoms with Crippen molar-refractivity contribution in [3.63, 3.8) is 0 Å². The van der Waals surface area contributed by atoms with Crippen LogP contribution in [0.3, 0.4) is 0 Å². The van der Waals surface area contributed by atoms with Crippen LogP contribution in [0.2, 0.25) is 0 Å². The minimum absolute atomic E-state index is 0.0102. The SMILES string of the molecule is Cn1nc(SCC(=O)c2ccc(Cc3ccccc3)cc2)n2c(=O)c3c4c(sc3nc12)COC(C)(C)C4. The maximum atomic E-state index is 13.7. The Morgan fingerprint density at radius 1 is 1.11 bits per heavy atom. The van der Waals surface area contributed by atoms with Crippen molar-refractivity contribution in [3.05, 3.63) is 92.1 Å². The van der Waals surface area contributed by atoms with Gasteiger partial charge < -0.3 is 4.74 Å². The number of fused-ring (bicyclic) bond motifs is 4. The van der Waals surface area contributed by atoms with Crippen molar-refractivity contribution in [1.82, 2.24) is 19.2 Å². The van der Waals surface area contributed by atoms with Gasteiger partial charge >= 0.3 is 0 Å². The number of hydrogen-bond acceptors (Lipinski definition) is 7. The summed E-state index contributed by atoms with van der Waals surface area (Å²) in [4.78, 5) is 33.2. The second-order valence-electron chi connectivity index (χ2n) is 9.94. The van der Waals surface area contributed by atoms with E-state index in [9.17, 15) is 9.59 Å². The normalized spacial score (nSPS) is 14.8. The van der Waals surface area contributed by atoms with Crippen LogP contribution < -0.4 is 5.56 Å². The molecule has 9 heteroatoms. The zero-order chi connectivity index (χ0) is 25.7. The van der Waals surface area contributed by atoms with Crippen LogP contribution in [-0.4, -0.2) is 36.3 Å². The number of carbonyl (C=O) groups excluding carboxylic acids is 1. The lowest BCUT2D eigenvalue weighted by atomic mass is 9.94. The molecule has 0 bridgehead atoms. The van der Waals surface area contributed by atoms with Crippen LogP contribution in [0.15, 0.2) is 64.5 Å². The highest BCUT2D eigenvalue weighted by atomic mass is 32.2. The lowest BCUT2D eigenvalue weighted by Gasteiger charge is -2.29. The Hall–Kier alpha value is -3.27. The fourth-order valence-corrected chi connectivity index (χ4v) is 6.73. The van der Waals surface area contributed by atoms with Gasteiger partial charge in [0.15, 0.2) is 10.9 Å². The number of hydrogen-bond donors (Lipinski definition) is 0. The molecule has 0 N–H and O–H groups in total. The van der Waals surface area contributed by atoms with E-state index < -0.39 is 0 Å². The summed E-state index contributed by atoms with van der Waals surface area (Å²) in [5.74, 6) is 0.637. The van der Waals surface area contributed by atoms with Crippen molar-refractivity contribution in [3.8, 4) is 0 Å². The smallest absolute Gasteiger partial charge is 0.270 e. The average molecular weight is 531 g/mol. The summed E-state index contributed by atoms with van der Waals surface area (Å²) in [6.45, 7) is 4.56. The number of rotatable bonds is 6. The molecule has 4 heterocycles. The maximum Gasteiger partial charge on any atom is 0.270 e. The van der Waals surface area contributed by atoms with Gasteiger partial charge in [-0.2, -0.15) is 0 Å². The first-order chi connectivity index (χ1) is 17.8. The number of benzene rings is 2. The van der Waals surface area contributed by atoms with Gasteiger partial charge in [-0.3, -0.25) is 9.59 Å². The third-order valence-corrected chi connectivity index (χ3v) is 8.69. The lowest BCUT2D eigenvalue weighted by Crippen LogP contribution is -2.31. The van der Waals surface area contributed by atoms with Crippen molar-refractivity contribution >= 4 is 44.9 Å². The van der Waals surface area contributed by atoms with Crippen LogP contribution in [0, 0.1) is 0 Å². The molecule has 37 heavy (non-hydrogen) atoms. The summed E-state index contributed by atoms with van der Waals surface area (Å²) < 4.78 is 9.09. The largest absolute Gasteiger partial charge is 0.370 e. The Morgan fingerprint density at radius 2 is 1.84 bits per heavy atom. The van der Waals surface area contributed by atoms with Crippen molar-refractivity contribution < 1.29 is 9.53 Å². The molecule has 0 radical (unpaired) electrons. The zero-order valence-corrected chi connectivity index (χ0v) is 22.5. The van der Waals surface area contributed by atoms with Crippen LogP contribution in [-0.2, 0) is 31.2 Å². The van der Waals surface area contributed by atoms with E-state index in [0.717, 1.165) is 22.4 Å². The molecule has 0 unspecified atom stereocenters. The number of Topliss-reactive ketones (excluding diaryl/α,β-unsaturated/α-hetero) is 1. The van der Waals surface area contributed by atoms with E-state index in [1.807, 2.05) is 56.3 Å². The molecule has 7 nitrogen and oxygen atoms in total. The molecular weight excluding hydrogens is 504 g/mol. The van der Waals surface area contributed by atoms with E-state index in [-0.39, 0.29) is 22.7 Å². The van der Waals surface area contributed by atoms with E-state index in [0.29, 0.717) is 39.7 Å². The van der Waals surface area contributed by atoms with Gasteiger partial charge in [-0.05, 0) is 37.0 Å². The number of ketones is 1. The van der Waals surface area contributed by atoms with Crippen LogP contribution in [0.1, 0.15) is 45.8 Å². The topological polar surface area (TPSA) is 78.5 Å². The second kappa shape index (κ2) is 9.24. The molecule has 0 fully saturated rings. The standard InChI is InChI=1S/C28H26N4O3S2/c1-28(2)14-20-22(15-35-28)37-24-23(20)25(34)32-26(29-24)31(3)30-27(32)36-16-21(33)19-11-9-18(10-12-19)13-17-7-5-4-6-8-17/h4-12H,13-16H2,1-3H3. The van der Waals surface area contributed by atoms with E-state index >= 15 is 0 Å². The highest BCUT2D eigenvalue weighted by Crippen LogP contribution is 2.37. The summed E-state index contributed by atoms with van der Waals surface area (Å²) in [6, 6.07) is 18.0. The maximum absolute atomic E-state index is 13.7. The van der Waals surface area contributed by atoms with Crippen LogP contribution >= 0.6 is 23.1 Å². The Kier molecular flexibility index (Phi) is 6.01. The summed E-state index contributed by atoms with van der Waals surface area (Å²) in [7, 11) is 1.77. The van der Waals surface area contributed by atoms with Gasteiger partial charge in [-0.1, -0.05) is 66.4 Å². The number of aromatic nitrogens is 4. The molecule has 1 aliphatic heterocycles. The number of aryl methyl sites for hydroxylation is 1. The minimum Gasteiger partial charge on any atom is -0.370 e. The molecule has 6 rings (SSSR count). The molecule has 2 aromatic carbocycles. The van der Waals surface area contributed by atoms with Gasteiger partial charge in [0, 0.05) is 23.9 Å². The van der Waals surface area contributed by atoms with Crippen LogP contribution in [0.25, 0.3) is 16.0 Å². The predicted octanol–water partition coefficient (Wildman–Crippen LogP) is 5.06. The first-order valence-electron chi connectivity index (χ1n) is 12.1. The third-order valence-electron chi connectivity index (χ3n) is 6.66. The van der Waals surface area contributed by atoms with E-state index in [1.54, 1.807) is 16.1 Å². The Bertz CT molecular complexity index is 1700. The monoisotopic (exact) mass is 530 g/mol. The Balaban J connectivity index is 1.26. The van der Waals surface area contributed by atoms with Gasteiger partial charge in [-0.15, -0.1) is 16.4 Å². The van der Waals surface area contributed by atoms with E-state index in [2.05, 4.69) is 17.2 Å².